The van der Waals surface area contributed by atoms with Crippen LogP contribution in [0, 0.1) is 11.8 Å². The molecule has 2 aromatic heterocycles. The molecule has 23 heavy (non-hydrogen) atoms. The first-order valence-electron chi connectivity index (χ1n) is 8.39. The van der Waals surface area contributed by atoms with Gasteiger partial charge in [0.1, 0.15) is 12.0 Å². The van der Waals surface area contributed by atoms with E-state index in [2.05, 4.69) is 25.3 Å². The lowest BCUT2D eigenvalue weighted by Gasteiger charge is -2.35. The van der Waals surface area contributed by atoms with Crippen LogP contribution in [-0.4, -0.2) is 45.9 Å². The van der Waals surface area contributed by atoms with E-state index in [1.807, 2.05) is 12.3 Å². The maximum atomic E-state index is 6.32. The molecule has 2 saturated heterocycles. The molecule has 0 spiro atoms. The summed E-state index contributed by atoms with van der Waals surface area (Å²) in [6.07, 6.45) is 8.91. The number of nitrogens with two attached hydrogens (primary N) is 1. The van der Waals surface area contributed by atoms with Crippen molar-refractivity contribution < 1.29 is 0 Å². The standard InChI is InChI=1S/C16H23N7/c17-14-15(19-11-20-16(14)23-7-1-5-21-23)22-8-3-12(4-9-22)13-2-6-18-10-13/h1,5,7,11-13,18H,2-4,6,8-10,17H2. The van der Waals surface area contributed by atoms with Gasteiger partial charge in [0, 0.05) is 25.5 Å². The maximum Gasteiger partial charge on any atom is 0.181 e. The van der Waals surface area contributed by atoms with Gasteiger partial charge in [0.2, 0.25) is 0 Å². The van der Waals surface area contributed by atoms with Crippen LogP contribution in [0.1, 0.15) is 19.3 Å². The lowest BCUT2D eigenvalue weighted by atomic mass is 9.84. The normalized spacial score (nSPS) is 22.6. The number of nitrogen functional groups attached to an aromatic ring is 1. The van der Waals surface area contributed by atoms with Gasteiger partial charge in [0.05, 0.1) is 0 Å². The summed E-state index contributed by atoms with van der Waals surface area (Å²) in [7, 11) is 0. The zero-order chi connectivity index (χ0) is 15.6. The Labute approximate surface area is 135 Å². The largest absolute Gasteiger partial charge is 0.393 e. The fraction of sp³-hybridized carbons (Fsp3) is 0.562. The Morgan fingerprint density at radius 2 is 1.91 bits per heavy atom. The van der Waals surface area contributed by atoms with E-state index in [-0.39, 0.29) is 0 Å². The Morgan fingerprint density at radius 3 is 2.61 bits per heavy atom. The van der Waals surface area contributed by atoms with Crippen molar-refractivity contribution in [2.45, 2.75) is 19.3 Å². The highest BCUT2D eigenvalue weighted by Crippen LogP contribution is 2.33. The second-order valence-corrected chi connectivity index (χ2v) is 6.46. The van der Waals surface area contributed by atoms with Crippen molar-refractivity contribution in [3.8, 4) is 5.82 Å². The second kappa shape index (κ2) is 6.16. The van der Waals surface area contributed by atoms with Crippen molar-refractivity contribution in [2.24, 2.45) is 11.8 Å². The van der Waals surface area contributed by atoms with Crippen molar-refractivity contribution in [3.05, 3.63) is 24.8 Å². The third kappa shape index (κ3) is 2.76. The number of hydrogen-bond donors (Lipinski definition) is 2. The molecule has 0 aliphatic carbocycles. The van der Waals surface area contributed by atoms with E-state index in [4.69, 9.17) is 5.73 Å². The van der Waals surface area contributed by atoms with Crippen LogP contribution in [0.4, 0.5) is 11.5 Å². The molecule has 3 N–H and O–H groups in total. The second-order valence-electron chi connectivity index (χ2n) is 6.46. The molecule has 0 aromatic carbocycles. The summed E-state index contributed by atoms with van der Waals surface area (Å²) in [5.41, 5.74) is 6.93. The van der Waals surface area contributed by atoms with Crippen LogP contribution in [-0.2, 0) is 0 Å². The van der Waals surface area contributed by atoms with Crippen LogP contribution >= 0.6 is 0 Å². The Bertz CT molecular complexity index is 640. The van der Waals surface area contributed by atoms with E-state index >= 15 is 0 Å². The average molecular weight is 313 g/mol. The number of piperidine rings is 1. The number of nitrogens with one attached hydrogen (secondary N) is 1. The summed E-state index contributed by atoms with van der Waals surface area (Å²) < 4.78 is 1.69. The van der Waals surface area contributed by atoms with Gasteiger partial charge in [0.15, 0.2) is 11.6 Å². The predicted octanol–water partition coefficient (Wildman–Crippen LogP) is 1.07. The first-order chi connectivity index (χ1) is 11.3. The average Bonchev–Trinajstić information content (AvgIpc) is 3.29. The van der Waals surface area contributed by atoms with Gasteiger partial charge in [-0.05, 0) is 50.3 Å². The van der Waals surface area contributed by atoms with E-state index in [1.165, 1.54) is 32.4 Å². The molecule has 4 rings (SSSR count). The van der Waals surface area contributed by atoms with Gasteiger partial charge in [-0.25, -0.2) is 14.6 Å². The highest BCUT2D eigenvalue weighted by atomic mass is 15.3. The van der Waals surface area contributed by atoms with Gasteiger partial charge in [-0.3, -0.25) is 0 Å². The zero-order valence-electron chi connectivity index (χ0n) is 13.2. The predicted molar refractivity (Wildman–Crippen MR) is 89.5 cm³/mol. The van der Waals surface area contributed by atoms with Crippen molar-refractivity contribution in [1.29, 1.82) is 0 Å². The fourth-order valence-corrected chi connectivity index (χ4v) is 3.87. The maximum absolute atomic E-state index is 6.32. The molecule has 0 amide bonds. The van der Waals surface area contributed by atoms with Gasteiger partial charge in [0.25, 0.3) is 0 Å². The SMILES string of the molecule is Nc1c(N2CCC(C3CCNC3)CC2)ncnc1-n1cccn1. The fourth-order valence-electron chi connectivity index (χ4n) is 3.87. The summed E-state index contributed by atoms with van der Waals surface area (Å²) in [5.74, 6) is 3.17. The lowest BCUT2D eigenvalue weighted by Crippen LogP contribution is -2.37. The zero-order valence-corrected chi connectivity index (χ0v) is 13.2. The molecule has 7 nitrogen and oxygen atoms in total. The van der Waals surface area contributed by atoms with E-state index in [0.717, 1.165) is 30.7 Å². The number of rotatable bonds is 3. The van der Waals surface area contributed by atoms with E-state index < -0.39 is 0 Å². The van der Waals surface area contributed by atoms with Crippen LogP contribution in [0.25, 0.3) is 5.82 Å². The smallest absolute Gasteiger partial charge is 0.181 e. The Kier molecular flexibility index (Phi) is 3.87. The minimum atomic E-state index is 0.609. The number of anilines is 2. The molecule has 122 valence electrons. The van der Waals surface area contributed by atoms with E-state index in [9.17, 15) is 0 Å². The topological polar surface area (TPSA) is 84.9 Å². The third-order valence-corrected chi connectivity index (χ3v) is 5.17. The molecule has 1 unspecified atom stereocenters. The van der Waals surface area contributed by atoms with Crippen LogP contribution in [0.15, 0.2) is 24.8 Å². The van der Waals surface area contributed by atoms with Gasteiger partial charge < -0.3 is 16.0 Å². The molecule has 7 heteroatoms. The van der Waals surface area contributed by atoms with Gasteiger partial charge in [-0.1, -0.05) is 0 Å². The molecule has 0 radical (unpaired) electrons. The molecule has 2 aliphatic heterocycles. The molecule has 2 aromatic rings. The number of hydrogen-bond acceptors (Lipinski definition) is 6. The lowest BCUT2D eigenvalue weighted by molar-refractivity contribution is 0.291. The summed E-state index contributed by atoms with van der Waals surface area (Å²) in [4.78, 5) is 11.0. The van der Waals surface area contributed by atoms with Crippen molar-refractivity contribution >= 4 is 11.5 Å². The van der Waals surface area contributed by atoms with E-state index in [1.54, 1.807) is 17.2 Å². The summed E-state index contributed by atoms with van der Waals surface area (Å²) >= 11 is 0. The van der Waals surface area contributed by atoms with Crippen LogP contribution in [0.2, 0.25) is 0 Å². The minimum Gasteiger partial charge on any atom is -0.393 e. The van der Waals surface area contributed by atoms with Crippen molar-refractivity contribution in [3.63, 3.8) is 0 Å². The molecule has 1 atom stereocenters. The number of nitrogens with zero attached hydrogens (tertiary/aromatic N) is 5. The van der Waals surface area contributed by atoms with Crippen molar-refractivity contribution in [1.82, 2.24) is 25.1 Å². The highest BCUT2D eigenvalue weighted by molar-refractivity contribution is 5.70. The van der Waals surface area contributed by atoms with Crippen LogP contribution < -0.4 is 16.0 Å². The Balaban J connectivity index is 1.50. The van der Waals surface area contributed by atoms with Gasteiger partial charge in [-0.2, -0.15) is 5.10 Å². The van der Waals surface area contributed by atoms with Crippen LogP contribution in [0.3, 0.4) is 0 Å². The Morgan fingerprint density at radius 1 is 1.09 bits per heavy atom. The molecular formula is C16H23N7. The molecule has 4 heterocycles. The van der Waals surface area contributed by atoms with Crippen molar-refractivity contribution in [2.75, 3.05) is 36.8 Å². The first-order valence-corrected chi connectivity index (χ1v) is 8.39. The monoisotopic (exact) mass is 313 g/mol. The van der Waals surface area contributed by atoms with Gasteiger partial charge >= 0.3 is 0 Å². The highest BCUT2D eigenvalue weighted by Gasteiger charge is 2.29. The summed E-state index contributed by atoms with van der Waals surface area (Å²) in [6.45, 7) is 4.39. The minimum absolute atomic E-state index is 0.609. The molecule has 2 fully saturated rings. The Hall–Kier alpha value is -2.15. The first kappa shape index (κ1) is 14.4. The molecule has 0 saturated carbocycles. The number of aromatic nitrogens is 4. The third-order valence-electron chi connectivity index (χ3n) is 5.17. The molecule has 2 aliphatic rings. The summed E-state index contributed by atoms with van der Waals surface area (Å²) in [5, 5.41) is 7.70. The quantitative estimate of drug-likeness (QED) is 0.882. The summed E-state index contributed by atoms with van der Waals surface area (Å²) in [6, 6.07) is 1.86. The van der Waals surface area contributed by atoms with E-state index in [0.29, 0.717) is 11.5 Å². The molecule has 0 bridgehead atoms. The molecular weight excluding hydrogens is 290 g/mol. The van der Waals surface area contributed by atoms with Gasteiger partial charge in [-0.15, -0.1) is 0 Å². The van der Waals surface area contributed by atoms with Crippen LogP contribution in [0.5, 0.6) is 0 Å².